The van der Waals surface area contributed by atoms with Crippen LogP contribution in [0.1, 0.15) is 6.92 Å². The van der Waals surface area contributed by atoms with Crippen molar-refractivity contribution in [3.63, 3.8) is 0 Å². The molecular weight excluding hydrogens is 259 g/mol. The summed E-state index contributed by atoms with van der Waals surface area (Å²) in [4.78, 5) is 10.2. The molecule has 0 aromatic carbocycles. The van der Waals surface area contributed by atoms with Crippen LogP contribution in [0, 0.1) is 5.92 Å². The molecule has 0 aromatic rings. The molecular formula is C4H7Cl3GeO2. The number of carboxylic acid groups (broad SMARTS) is 1. The Bertz CT molecular complexity index is 133. The SMILES string of the molecule is CC([CH2][Ge]([Cl])([Cl])[Cl])C(=O)O. The van der Waals surface area contributed by atoms with Gasteiger partial charge in [0.25, 0.3) is 0 Å². The molecule has 0 spiro atoms. The monoisotopic (exact) mass is 266 g/mol. The van der Waals surface area contributed by atoms with Gasteiger partial charge in [0.1, 0.15) is 0 Å². The van der Waals surface area contributed by atoms with E-state index in [1.165, 1.54) is 6.92 Å². The number of hydrogen-bond donors (Lipinski definition) is 1. The van der Waals surface area contributed by atoms with E-state index in [0.717, 1.165) is 0 Å². The fraction of sp³-hybridized carbons (Fsp3) is 0.750. The Morgan fingerprint density at radius 2 is 2.00 bits per heavy atom. The molecule has 0 aromatic heterocycles. The zero-order valence-corrected chi connectivity index (χ0v) is 9.64. The van der Waals surface area contributed by atoms with Gasteiger partial charge in [0.2, 0.25) is 0 Å². The maximum atomic E-state index is 10.2. The molecule has 0 heterocycles. The summed E-state index contributed by atoms with van der Waals surface area (Å²) in [6.07, 6.45) is 0. The Kier molecular flexibility index (Phi) is 4.40. The second-order valence-corrected chi connectivity index (χ2v) is 18.6. The Balaban J connectivity index is 3.80. The molecule has 0 fully saturated rings. The van der Waals surface area contributed by atoms with E-state index < -0.39 is 22.4 Å². The molecule has 0 bridgehead atoms. The molecule has 2 nitrogen and oxygen atoms in total. The van der Waals surface area contributed by atoms with Crippen LogP contribution >= 0.6 is 30.0 Å². The van der Waals surface area contributed by atoms with Crippen molar-refractivity contribution in [2.24, 2.45) is 5.92 Å². The van der Waals surface area contributed by atoms with Crippen molar-refractivity contribution >= 4 is 46.5 Å². The number of aliphatic carboxylic acids is 1. The van der Waals surface area contributed by atoms with Gasteiger partial charge in [-0.1, -0.05) is 0 Å². The predicted octanol–water partition coefficient (Wildman–Crippen LogP) is 2.36. The maximum absolute atomic E-state index is 10.2. The van der Waals surface area contributed by atoms with Gasteiger partial charge in [0.05, 0.1) is 0 Å². The normalized spacial score (nSPS) is 14.8. The van der Waals surface area contributed by atoms with Crippen LogP contribution in [0.4, 0.5) is 0 Å². The number of rotatable bonds is 3. The van der Waals surface area contributed by atoms with Gasteiger partial charge in [0, 0.05) is 0 Å². The standard InChI is InChI=1S/C4H7Cl3GeO2/c1-3(4(9)10)2-8(5,6)7/h3H,2H2,1H3,(H,9,10). The van der Waals surface area contributed by atoms with E-state index in [2.05, 4.69) is 0 Å². The van der Waals surface area contributed by atoms with Gasteiger partial charge in [-0.3, -0.25) is 0 Å². The molecule has 0 aliphatic carbocycles. The summed E-state index contributed by atoms with van der Waals surface area (Å²) in [5, 5.41) is 8.62. The molecule has 0 radical (unpaired) electrons. The molecule has 0 saturated heterocycles. The number of halogens is 3. The van der Waals surface area contributed by atoms with E-state index in [1.807, 2.05) is 0 Å². The van der Waals surface area contributed by atoms with Gasteiger partial charge in [0.15, 0.2) is 0 Å². The van der Waals surface area contributed by atoms with E-state index in [4.69, 9.17) is 35.1 Å². The summed E-state index contributed by atoms with van der Waals surface area (Å²) in [6.45, 7) is 1.54. The van der Waals surface area contributed by atoms with Gasteiger partial charge in [-0.15, -0.1) is 0 Å². The fourth-order valence-corrected chi connectivity index (χ4v) is 5.87. The summed E-state index contributed by atoms with van der Waals surface area (Å²) in [7, 11) is 13.4. The Morgan fingerprint density at radius 3 is 2.10 bits per heavy atom. The van der Waals surface area contributed by atoms with Crippen LogP contribution in [0.3, 0.4) is 0 Å². The molecule has 60 valence electrons. The zero-order chi connectivity index (χ0) is 8.36. The van der Waals surface area contributed by atoms with Crippen LogP contribution in [0.15, 0.2) is 0 Å². The molecule has 0 amide bonds. The molecule has 1 unspecified atom stereocenters. The van der Waals surface area contributed by atoms with Crippen molar-refractivity contribution in [3.05, 3.63) is 0 Å². The third-order valence-corrected chi connectivity index (χ3v) is 5.62. The van der Waals surface area contributed by atoms with Crippen LogP contribution in [0.25, 0.3) is 0 Å². The minimum absolute atomic E-state index is 0.222. The van der Waals surface area contributed by atoms with E-state index in [0.29, 0.717) is 0 Å². The first-order chi connectivity index (χ1) is 4.33. The minimum atomic E-state index is -3.20. The average Bonchev–Trinajstić information content (AvgIpc) is 1.60. The summed E-state index contributed by atoms with van der Waals surface area (Å²) in [6, 6.07) is 0. The van der Waals surface area contributed by atoms with E-state index in [1.54, 1.807) is 0 Å². The van der Waals surface area contributed by atoms with Gasteiger partial charge in [-0.05, 0) is 0 Å². The number of carbonyl (C=O) groups is 1. The number of carboxylic acids is 1. The fourth-order valence-electron chi connectivity index (χ4n) is 0.434. The third-order valence-electron chi connectivity index (χ3n) is 0.959. The van der Waals surface area contributed by atoms with Crippen LogP contribution in [-0.4, -0.2) is 21.6 Å². The Morgan fingerprint density at radius 1 is 1.60 bits per heavy atom. The number of hydrogen-bond acceptors (Lipinski definition) is 1. The van der Waals surface area contributed by atoms with Gasteiger partial charge >= 0.3 is 74.5 Å². The molecule has 1 atom stereocenters. The Hall–Kier alpha value is 0.883. The average molecular weight is 266 g/mol. The van der Waals surface area contributed by atoms with E-state index >= 15 is 0 Å². The summed E-state index contributed by atoms with van der Waals surface area (Å²) in [5.74, 6) is -1.44. The molecule has 0 rings (SSSR count). The topological polar surface area (TPSA) is 37.3 Å². The summed E-state index contributed by atoms with van der Waals surface area (Å²) in [5.41, 5.74) is 0. The van der Waals surface area contributed by atoms with Gasteiger partial charge in [-0.2, -0.15) is 0 Å². The third kappa shape index (κ3) is 5.65. The van der Waals surface area contributed by atoms with Crippen LogP contribution in [0.2, 0.25) is 5.25 Å². The van der Waals surface area contributed by atoms with Gasteiger partial charge < -0.3 is 0 Å². The Labute approximate surface area is 74.4 Å². The predicted molar refractivity (Wildman–Crippen MR) is 44.9 cm³/mol. The van der Waals surface area contributed by atoms with Crippen molar-refractivity contribution < 1.29 is 9.90 Å². The van der Waals surface area contributed by atoms with Crippen molar-refractivity contribution in [3.8, 4) is 0 Å². The van der Waals surface area contributed by atoms with Crippen molar-refractivity contribution in [1.29, 1.82) is 0 Å². The summed E-state index contributed by atoms with van der Waals surface area (Å²) >= 11 is 0. The van der Waals surface area contributed by atoms with Crippen molar-refractivity contribution in [2.75, 3.05) is 0 Å². The van der Waals surface area contributed by atoms with Crippen LogP contribution < -0.4 is 0 Å². The molecule has 10 heavy (non-hydrogen) atoms. The molecule has 1 N–H and O–H groups in total. The van der Waals surface area contributed by atoms with E-state index in [9.17, 15) is 4.79 Å². The molecule has 0 saturated carbocycles. The first-order valence-electron chi connectivity index (χ1n) is 2.62. The molecule has 0 aliphatic heterocycles. The quantitative estimate of drug-likeness (QED) is 0.796. The van der Waals surface area contributed by atoms with Crippen molar-refractivity contribution in [1.82, 2.24) is 0 Å². The summed E-state index contributed by atoms with van der Waals surface area (Å²) < 4.78 is 0. The first kappa shape index (κ1) is 10.9. The first-order valence-corrected chi connectivity index (χ1v) is 12.4. The molecule has 6 heteroatoms. The van der Waals surface area contributed by atoms with Gasteiger partial charge in [-0.25, -0.2) is 0 Å². The van der Waals surface area contributed by atoms with Crippen LogP contribution in [-0.2, 0) is 4.79 Å². The second-order valence-electron chi connectivity index (χ2n) is 2.06. The zero-order valence-electron chi connectivity index (χ0n) is 5.27. The van der Waals surface area contributed by atoms with Crippen molar-refractivity contribution in [2.45, 2.75) is 12.2 Å². The van der Waals surface area contributed by atoms with Crippen LogP contribution in [0.5, 0.6) is 0 Å². The molecule has 0 aliphatic rings. The van der Waals surface area contributed by atoms with E-state index in [-0.39, 0.29) is 5.25 Å². The second kappa shape index (κ2) is 4.05.